The van der Waals surface area contributed by atoms with Crippen LogP contribution in [0.15, 0.2) is 30.6 Å². The Hall–Kier alpha value is -3.16. The van der Waals surface area contributed by atoms with Gasteiger partial charge in [-0.1, -0.05) is 0 Å². The topological polar surface area (TPSA) is 110 Å². The normalized spacial score (nSPS) is 12.2. The molecule has 0 radical (unpaired) electrons. The predicted octanol–water partition coefficient (Wildman–Crippen LogP) is 3.23. The number of nitrogens with two attached hydrogens (primary N) is 1. The molecule has 0 fully saturated rings. The van der Waals surface area contributed by atoms with Crippen molar-refractivity contribution in [3.63, 3.8) is 0 Å². The van der Waals surface area contributed by atoms with E-state index in [1.807, 2.05) is 13.0 Å². The third-order valence-electron chi connectivity index (χ3n) is 4.07. The van der Waals surface area contributed by atoms with E-state index < -0.39 is 23.6 Å². The molecule has 150 valence electrons. The molecule has 0 bridgehead atoms. The van der Waals surface area contributed by atoms with Gasteiger partial charge in [-0.2, -0.15) is 0 Å². The molecule has 8 heteroatoms. The molecule has 2 rings (SSSR count). The largest absolute Gasteiger partial charge is 0.444 e. The molecule has 2 aromatic heterocycles. The Morgan fingerprint density at radius 2 is 1.96 bits per heavy atom. The summed E-state index contributed by atoms with van der Waals surface area (Å²) in [4.78, 5) is 34.3. The number of likely N-dealkylation sites (N-methyl/N-ethyl adjacent to an activating group) is 1. The van der Waals surface area contributed by atoms with Crippen molar-refractivity contribution in [2.45, 2.75) is 46.3 Å². The van der Waals surface area contributed by atoms with Gasteiger partial charge in [0.2, 0.25) is 5.91 Å². The van der Waals surface area contributed by atoms with E-state index in [1.165, 1.54) is 11.9 Å². The average molecular weight is 385 g/mol. The molecule has 28 heavy (non-hydrogen) atoms. The zero-order valence-corrected chi connectivity index (χ0v) is 17.1. The molecule has 0 aliphatic carbocycles. The number of aromatic nitrogens is 2. The lowest BCUT2D eigenvalue weighted by molar-refractivity contribution is -0.120. The van der Waals surface area contributed by atoms with Crippen LogP contribution in [0.25, 0.3) is 11.1 Å². The van der Waals surface area contributed by atoms with E-state index in [0.717, 1.165) is 16.7 Å². The SMILES string of the molecule is Cc1cnccc1-c1cc(N)nc(NC(=O)C(C)N(C)C(=O)OC(C)(C)C)c1. The van der Waals surface area contributed by atoms with Gasteiger partial charge >= 0.3 is 6.09 Å². The Balaban J connectivity index is 2.18. The van der Waals surface area contributed by atoms with E-state index in [1.54, 1.807) is 52.2 Å². The Kier molecular flexibility index (Phi) is 6.23. The Morgan fingerprint density at radius 1 is 1.29 bits per heavy atom. The number of carbonyl (C=O) groups is 2. The summed E-state index contributed by atoms with van der Waals surface area (Å²) in [5.74, 6) is 0.182. The van der Waals surface area contributed by atoms with Crippen molar-refractivity contribution in [3.8, 4) is 11.1 Å². The second-order valence-electron chi connectivity index (χ2n) is 7.61. The predicted molar refractivity (Wildman–Crippen MR) is 109 cm³/mol. The monoisotopic (exact) mass is 385 g/mol. The summed E-state index contributed by atoms with van der Waals surface area (Å²) >= 11 is 0. The summed E-state index contributed by atoms with van der Waals surface area (Å²) in [5.41, 5.74) is 8.00. The molecule has 0 saturated heterocycles. The first kappa shape index (κ1) is 21.1. The van der Waals surface area contributed by atoms with E-state index in [9.17, 15) is 9.59 Å². The van der Waals surface area contributed by atoms with Gasteiger partial charge in [0.05, 0.1) is 0 Å². The third kappa shape index (κ3) is 5.42. The minimum absolute atomic E-state index is 0.275. The summed E-state index contributed by atoms with van der Waals surface area (Å²) in [5, 5.41) is 2.72. The van der Waals surface area contributed by atoms with Crippen molar-refractivity contribution < 1.29 is 14.3 Å². The minimum Gasteiger partial charge on any atom is -0.444 e. The average Bonchev–Trinajstić information content (AvgIpc) is 2.58. The van der Waals surface area contributed by atoms with Crippen LogP contribution in [-0.2, 0) is 9.53 Å². The summed E-state index contributed by atoms with van der Waals surface area (Å²) in [6, 6.07) is 4.57. The maximum absolute atomic E-state index is 12.6. The number of ether oxygens (including phenoxy) is 1. The molecule has 0 saturated carbocycles. The Morgan fingerprint density at radius 3 is 2.57 bits per heavy atom. The van der Waals surface area contributed by atoms with Crippen molar-refractivity contribution in [3.05, 3.63) is 36.2 Å². The van der Waals surface area contributed by atoms with Crippen molar-refractivity contribution >= 4 is 23.6 Å². The number of amides is 2. The maximum Gasteiger partial charge on any atom is 0.410 e. The summed E-state index contributed by atoms with van der Waals surface area (Å²) in [6.45, 7) is 8.85. The molecule has 2 amide bonds. The maximum atomic E-state index is 12.6. The highest BCUT2D eigenvalue weighted by molar-refractivity contribution is 5.96. The number of anilines is 2. The number of pyridine rings is 2. The molecule has 2 heterocycles. The van der Waals surface area contributed by atoms with E-state index in [-0.39, 0.29) is 5.82 Å². The zero-order chi connectivity index (χ0) is 21.1. The molecule has 0 aliphatic heterocycles. The summed E-state index contributed by atoms with van der Waals surface area (Å²) in [6.07, 6.45) is 2.86. The fourth-order valence-electron chi connectivity index (χ4n) is 2.47. The molecular weight excluding hydrogens is 358 g/mol. The Labute approximate surface area is 165 Å². The van der Waals surface area contributed by atoms with Crippen LogP contribution < -0.4 is 11.1 Å². The molecule has 2 aromatic rings. The standard InChI is InChI=1S/C20H27N5O3/c1-12-11-22-8-7-15(12)14-9-16(21)23-17(10-14)24-18(26)13(2)25(6)19(27)28-20(3,4)5/h7-11,13H,1-6H3,(H3,21,23,24,26). The van der Waals surface area contributed by atoms with Gasteiger partial charge in [0, 0.05) is 19.4 Å². The van der Waals surface area contributed by atoms with E-state index >= 15 is 0 Å². The van der Waals surface area contributed by atoms with Gasteiger partial charge in [-0.15, -0.1) is 0 Å². The van der Waals surface area contributed by atoms with Crippen molar-refractivity contribution in [2.24, 2.45) is 0 Å². The first-order valence-electron chi connectivity index (χ1n) is 8.93. The third-order valence-corrected chi connectivity index (χ3v) is 4.07. The number of hydrogen-bond acceptors (Lipinski definition) is 6. The van der Waals surface area contributed by atoms with Crippen LogP contribution in [0.3, 0.4) is 0 Å². The fourth-order valence-corrected chi connectivity index (χ4v) is 2.47. The molecule has 3 N–H and O–H groups in total. The highest BCUT2D eigenvalue weighted by Gasteiger charge is 2.27. The van der Waals surface area contributed by atoms with Crippen molar-refractivity contribution in [1.82, 2.24) is 14.9 Å². The van der Waals surface area contributed by atoms with E-state index in [2.05, 4.69) is 15.3 Å². The number of rotatable bonds is 4. The lowest BCUT2D eigenvalue weighted by Crippen LogP contribution is -2.45. The second kappa shape index (κ2) is 8.24. The van der Waals surface area contributed by atoms with Crippen LogP contribution in [0.5, 0.6) is 0 Å². The van der Waals surface area contributed by atoms with Crippen LogP contribution >= 0.6 is 0 Å². The number of nitrogens with one attached hydrogen (secondary N) is 1. The van der Waals surface area contributed by atoms with Crippen LogP contribution in [-0.4, -0.2) is 45.6 Å². The van der Waals surface area contributed by atoms with Gasteiger partial charge < -0.3 is 15.8 Å². The zero-order valence-electron chi connectivity index (χ0n) is 17.1. The van der Waals surface area contributed by atoms with Crippen LogP contribution in [0, 0.1) is 6.92 Å². The quantitative estimate of drug-likeness (QED) is 0.836. The minimum atomic E-state index is -0.760. The lowest BCUT2D eigenvalue weighted by atomic mass is 10.0. The van der Waals surface area contributed by atoms with Gasteiger partial charge in [-0.3, -0.25) is 14.7 Å². The second-order valence-corrected chi connectivity index (χ2v) is 7.61. The van der Waals surface area contributed by atoms with Crippen LogP contribution in [0.2, 0.25) is 0 Å². The van der Waals surface area contributed by atoms with Gasteiger partial charge in [0.1, 0.15) is 23.3 Å². The molecule has 0 aliphatic rings. The molecule has 1 atom stereocenters. The number of aryl methyl sites for hydroxylation is 1. The van der Waals surface area contributed by atoms with Crippen molar-refractivity contribution in [2.75, 3.05) is 18.1 Å². The van der Waals surface area contributed by atoms with Crippen molar-refractivity contribution in [1.29, 1.82) is 0 Å². The van der Waals surface area contributed by atoms with Gasteiger partial charge in [-0.25, -0.2) is 9.78 Å². The first-order valence-corrected chi connectivity index (χ1v) is 8.93. The van der Waals surface area contributed by atoms with Crippen LogP contribution in [0.1, 0.15) is 33.3 Å². The highest BCUT2D eigenvalue weighted by Crippen LogP contribution is 2.26. The Bertz CT molecular complexity index is 876. The van der Waals surface area contributed by atoms with Gasteiger partial charge in [0.25, 0.3) is 0 Å². The van der Waals surface area contributed by atoms with Gasteiger partial charge in [0.15, 0.2) is 0 Å². The summed E-state index contributed by atoms with van der Waals surface area (Å²) < 4.78 is 5.30. The number of hydrogen-bond donors (Lipinski definition) is 2. The van der Waals surface area contributed by atoms with E-state index in [0.29, 0.717) is 5.82 Å². The first-order chi connectivity index (χ1) is 13.0. The highest BCUT2D eigenvalue weighted by atomic mass is 16.6. The van der Waals surface area contributed by atoms with E-state index in [4.69, 9.17) is 10.5 Å². The van der Waals surface area contributed by atoms with Crippen LogP contribution in [0.4, 0.5) is 16.4 Å². The molecule has 8 nitrogen and oxygen atoms in total. The number of nitrogen functional groups attached to an aromatic ring is 1. The number of carbonyl (C=O) groups excluding carboxylic acids is 2. The number of nitrogens with zero attached hydrogens (tertiary/aromatic N) is 3. The molecule has 0 spiro atoms. The van der Waals surface area contributed by atoms with Gasteiger partial charge in [-0.05, 0) is 69.5 Å². The summed E-state index contributed by atoms with van der Waals surface area (Å²) in [7, 11) is 1.51. The molecule has 1 unspecified atom stereocenters. The molecular formula is C20H27N5O3. The lowest BCUT2D eigenvalue weighted by Gasteiger charge is -2.28. The fraction of sp³-hybridized carbons (Fsp3) is 0.400. The smallest absolute Gasteiger partial charge is 0.410 e. The molecule has 0 aromatic carbocycles.